The molecule has 1 aliphatic heterocycles. The van der Waals surface area contributed by atoms with E-state index >= 15 is 0 Å². The zero-order valence-corrected chi connectivity index (χ0v) is 18.7. The van der Waals surface area contributed by atoms with Crippen molar-refractivity contribution in [3.8, 4) is 5.75 Å². The van der Waals surface area contributed by atoms with Crippen molar-refractivity contribution in [1.29, 1.82) is 0 Å². The van der Waals surface area contributed by atoms with Crippen molar-refractivity contribution in [3.05, 3.63) is 69.8 Å². The van der Waals surface area contributed by atoms with Crippen molar-refractivity contribution in [1.82, 2.24) is 4.72 Å². The number of nitrogens with zero attached hydrogens (tertiary/aromatic N) is 1. The van der Waals surface area contributed by atoms with E-state index in [0.29, 0.717) is 17.7 Å². The number of nitro groups is 1. The molecule has 3 rings (SSSR count). The lowest BCUT2D eigenvalue weighted by Gasteiger charge is -2.14. The van der Waals surface area contributed by atoms with Gasteiger partial charge >= 0.3 is 5.97 Å². The molecule has 176 valence electrons. The molecule has 0 aromatic heterocycles. The van der Waals surface area contributed by atoms with Crippen LogP contribution >= 0.6 is 0 Å². The largest absolute Gasteiger partial charge is 0.495 e. The van der Waals surface area contributed by atoms with Gasteiger partial charge in [0.15, 0.2) is 0 Å². The number of nitrogens with one attached hydrogen (secondary N) is 1. The minimum atomic E-state index is -3.86. The Morgan fingerprint density at radius 3 is 2.67 bits per heavy atom. The minimum absolute atomic E-state index is 0.0515. The van der Waals surface area contributed by atoms with Crippen LogP contribution in [0, 0.1) is 10.1 Å². The summed E-state index contributed by atoms with van der Waals surface area (Å²) in [6.07, 6.45) is 4.14. The van der Waals surface area contributed by atoms with Crippen molar-refractivity contribution in [3.63, 3.8) is 0 Å². The lowest BCUT2D eigenvalue weighted by molar-refractivity contribution is -0.384. The van der Waals surface area contributed by atoms with Gasteiger partial charge < -0.3 is 14.2 Å². The molecule has 1 unspecified atom stereocenters. The second kappa shape index (κ2) is 11.0. The number of hydrogen-bond donors (Lipinski definition) is 1. The van der Waals surface area contributed by atoms with E-state index in [2.05, 4.69) is 4.72 Å². The van der Waals surface area contributed by atoms with Gasteiger partial charge in [-0.25, -0.2) is 17.9 Å². The Kier molecular flexibility index (Phi) is 8.15. The molecule has 1 fully saturated rings. The van der Waals surface area contributed by atoms with E-state index in [1.807, 2.05) is 0 Å². The van der Waals surface area contributed by atoms with Gasteiger partial charge in [-0.3, -0.25) is 10.1 Å². The summed E-state index contributed by atoms with van der Waals surface area (Å²) >= 11 is 0. The molecule has 33 heavy (non-hydrogen) atoms. The van der Waals surface area contributed by atoms with Gasteiger partial charge in [0.2, 0.25) is 10.0 Å². The molecule has 11 heteroatoms. The van der Waals surface area contributed by atoms with Crippen molar-refractivity contribution in [2.75, 3.05) is 20.3 Å². The smallest absolute Gasteiger partial charge is 0.331 e. The van der Waals surface area contributed by atoms with Crippen LogP contribution in [-0.4, -0.2) is 45.7 Å². The van der Waals surface area contributed by atoms with Crippen LogP contribution in [0.2, 0.25) is 0 Å². The Balaban J connectivity index is 1.63. The predicted octanol–water partition coefficient (Wildman–Crippen LogP) is 2.82. The van der Waals surface area contributed by atoms with Gasteiger partial charge in [0.1, 0.15) is 17.3 Å². The monoisotopic (exact) mass is 476 g/mol. The molecular formula is C22H24N2O8S. The molecule has 0 saturated carbocycles. The second-order valence-corrected chi connectivity index (χ2v) is 9.00. The summed E-state index contributed by atoms with van der Waals surface area (Å²) < 4.78 is 43.9. The second-order valence-electron chi connectivity index (χ2n) is 7.26. The van der Waals surface area contributed by atoms with Gasteiger partial charge in [0.05, 0.1) is 18.1 Å². The van der Waals surface area contributed by atoms with Crippen LogP contribution in [-0.2, 0) is 30.9 Å². The van der Waals surface area contributed by atoms with E-state index in [4.69, 9.17) is 14.2 Å². The fraction of sp³-hybridized carbons (Fsp3) is 0.318. The van der Waals surface area contributed by atoms with E-state index in [9.17, 15) is 23.3 Å². The first-order chi connectivity index (χ1) is 15.8. The third-order valence-corrected chi connectivity index (χ3v) is 6.39. The average molecular weight is 477 g/mol. The van der Waals surface area contributed by atoms with E-state index < -0.39 is 20.9 Å². The van der Waals surface area contributed by atoms with Crippen LogP contribution in [0.3, 0.4) is 0 Å². The molecule has 1 heterocycles. The molecule has 0 aliphatic carbocycles. The maximum Gasteiger partial charge on any atom is 0.331 e. The normalized spacial score (nSPS) is 16.1. The van der Waals surface area contributed by atoms with Gasteiger partial charge in [-0.1, -0.05) is 6.07 Å². The van der Waals surface area contributed by atoms with Gasteiger partial charge in [0, 0.05) is 31.4 Å². The predicted molar refractivity (Wildman–Crippen MR) is 119 cm³/mol. The third-order valence-electron chi connectivity index (χ3n) is 4.94. The molecule has 1 N–H and O–H groups in total. The Morgan fingerprint density at radius 1 is 1.27 bits per heavy atom. The lowest BCUT2D eigenvalue weighted by Crippen LogP contribution is -2.32. The van der Waals surface area contributed by atoms with Crippen LogP contribution in [0.5, 0.6) is 5.75 Å². The summed E-state index contributed by atoms with van der Waals surface area (Å²) in [5.41, 5.74) is 0.999. The van der Waals surface area contributed by atoms with Crippen molar-refractivity contribution < 1.29 is 32.3 Å². The highest BCUT2D eigenvalue weighted by atomic mass is 32.2. The van der Waals surface area contributed by atoms with E-state index in [-0.39, 0.29) is 35.6 Å². The van der Waals surface area contributed by atoms with Crippen LogP contribution in [0.4, 0.5) is 5.69 Å². The molecule has 2 aromatic carbocycles. The minimum Gasteiger partial charge on any atom is -0.495 e. The SMILES string of the molecule is COc1ccc(C=CC(=O)OCc2ccc([N+](=O)[O-])cc2)cc1S(=O)(=O)NCC1CCCO1. The van der Waals surface area contributed by atoms with Crippen LogP contribution in [0.1, 0.15) is 24.0 Å². The van der Waals surface area contributed by atoms with Crippen LogP contribution in [0.15, 0.2) is 53.4 Å². The zero-order valence-electron chi connectivity index (χ0n) is 17.9. The van der Waals surface area contributed by atoms with Gasteiger partial charge in [-0.15, -0.1) is 0 Å². The fourth-order valence-corrected chi connectivity index (χ4v) is 4.44. The van der Waals surface area contributed by atoms with E-state index in [1.165, 1.54) is 55.7 Å². The topological polar surface area (TPSA) is 134 Å². The molecule has 1 aliphatic rings. The maximum absolute atomic E-state index is 12.8. The molecule has 0 bridgehead atoms. The number of ether oxygens (including phenoxy) is 3. The molecule has 1 saturated heterocycles. The first-order valence-electron chi connectivity index (χ1n) is 10.2. The first-order valence-corrected chi connectivity index (χ1v) is 11.6. The van der Waals surface area contributed by atoms with Crippen molar-refractivity contribution in [2.45, 2.75) is 30.4 Å². The van der Waals surface area contributed by atoms with E-state index in [1.54, 1.807) is 6.07 Å². The molecular weight excluding hydrogens is 452 g/mol. The lowest BCUT2D eigenvalue weighted by atomic mass is 10.2. The number of esters is 1. The summed E-state index contributed by atoms with van der Waals surface area (Å²) in [4.78, 5) is 22.1. The Morgan fingerprint density at radius 2 is 2.03 bits per heavy atom. The van der Waals surface area contributed by atoms with Crippen molar-refractivity contribution in [2.24, 2.45) is 0 Å². The Labute approximate surface area is 191 Å². The molecule has 0 amide bonds. The zero-order chi connectivity index (χ0) is 23.8. The highest BCUT2D eigenvalue weighted by molar-refractivity contribution is 7.89. The molecule has 2 aromatic rings. The number of nitro benzene ring substituents is 1. The van der Waals surface area contributed by atoms with Crippen LogP contribution < -0.4 is 9.46 Å². The fourth-order valence-electron chi connectivity index (χ4n) is 3.17. The molecule has 1 atom stereocenters. The average Bonchev–Trinajstić information content (AvgIpc) is 3.34. The summed E-state index contributed by atoms with van der Waals surface area (Å²) in [7, 11) is -2.49. The quantitative estimate of drug-likeness (QED) is 0.239. The number of sulfonamides is 1. The third kappa shape index (κ3) is 6.85. The highest BCUT2D eigenvalue weighted by Gasteiger charge is 2.23. The Hall–Kier alpha value is -3.28. The first kappa shape index (κ1) is 24.4. The van der Waals surface area contributed by atoms with Gasteiger partial charge in [-0.05, 0) is 54.3 Å². The molecule has 0 radical (unpaired) electrons. The number of non-ortho nitro benzene ring substituents is 1. The van der Waals surface area contributed by atoms with Gasteiger partial charge in [0.25, 0.3) is 5.69 Å². The number of carbonyl (C=O) groups excluding carboxylic acids is 1. The summed E-state index contributed by atoms with van der Waals surface area (Å²) in [6.45, 7) is 0.730. The maximum atomic E-state index is 12.8. The summed E-state index contributed by atoms with van der Waals surface area (Å²) in [5.74, 6) is -0.474. The summed E-state index contributed by atoms with van der Waals surface area (Å²) in [5, 5.41) is 10.7. The number of hydrogen-bond acceptors (Lipinski definition) is 8. The number of rotatable bonds is 10. The molecule has 0 spiro atoms. The van der Waals surface area contributed by atoms with Crippen molar-refractivity contribution >= 4 is 27.8 Å². The number of carbonyl (C=O) groups is 1. The Bertz CT molecular complexity index is 1120. The highest BCUT2D eigenvalue weighted by Crippen LogP contribution is 2.26. The number of benzene rings is 2. The van der Waals surface area contributed by atoms with E-state index in [0.717, 1.165) is 12.8 Å². The summed E-state index contributed by atoms with van der Waals surface area (Å²) in [6, 6.07) is 10.2. The van der Waals surface area contributed by atoms with Crippen LogP contribution in [0.25, 0.3) is 6.08 Å². The molecule has 10 nitrogen and oxygen atoms in total. The van der Waals surface area contributed by atoms with Gasteiger partial charge in [-0.2, -0.15) is 0 Å². The number of methoxy groups -OCH3 is 1. The standard InChI is InChI=1S/C22H24N2O8S/c1-30-20-10-6-16(13-21(20)33(28,29)23-14-19-3-2-12-31-19)7-11-22(25)32-15-17-4-8-18(9-5-17)24(26)27/h4-11,13,19,23H,2-3,12,14-15H2,1H3.